The molecule has 2 aromatic heterocycles. The Bertz CT molecular complexity index is 1620. The first-order chi connectivity index (χ1) is 19.8. The van der Waals surface area contributed by atoms with E-state index in [0.29, 0.717) is 34.9 Å². The average Bonchev–Trinajstić information content (AvgIpc) is 3.77. The number of carbonyl (C=O) groups excluding carboxylic acids is 4. The lowest BCUT2D eigenvalue weighted by atomic mass is 10.1. The highest BCUT2D eigenvalue weighted by atomic mass is 35.5. The third-order valence-corrected chi connectivity index (χ3v) is 7.23. The summed E-state index contributed by atoms with van der Waals surface area (Å²) >= 11 is 5.81. The zero-order valence-electron chi connectivity index (χ0n) is 22.0. The summed E-state index contributed by atoms with van der Waals surface area (Å²) in [4.78, 5) is 56.1. The number of nitrogens with zero attached hydrogens (tertiary/aromatic N) is 3. The maximum atomic E-state index is 14.2. The van der Waals surface area contributed by atoms with Crippen molar-refractivity contribution in [2.45, 2.75) is 38.5 Å². The molecular weight excluding hydrogens is 549 g/mol. The van der Waals surface area contributed by atoms with Crippen LogP contribution < -0.4 is 10.6 Å². The second-order valence-corrected chi connectivity index (χ2v) is 10.2. The van der Waals surface area contributed by atoms with E-state index in [1.54, 1.807) is 59.6 Å². The molecule has 2 N–H and O–H groups in total. The van der Waals surface area contributed by atoms with Crippen LogP contribution in [0.15, 0.2) is 67.1 Å². The lowest BCUT2D eigenvalue weighted by Gasteiger charge is -2.22. The first-order valence-corrected chi connectivity index (χ1v) is 13.5. The average molecular weight is 576 g/mol. The van der Waals surface area contributed by atoms with Gasteiger partial charge in [0, 0.05) is 65.3 Å². The fourth-order valence-corrected chi connectivity index (χ4v) is 4.80. The molecule has 210 valence electrons. The summed E-state index contributed by atoms with van der Waals surface area (Å²) in [5.41, 5.74) is 2.49. The molecule has 3 amide bonds. The van der Waals surface area contributed by atoms with Crippen molar-refractivity contribution in [3.63, 3.8) is 0 Å². The standard InChI is InChI=1S/C30H27ClFN5O4/c31-25-3-1-2-21(29(25)32)14-34-27(39)16-37(23-5-6-23)28(40)17-36-15-22(18-38)24-12-20(4-7-26(24)36)30(41)35-13-19-8-10-33-11-9-19/h1-4,7-12,15,18,23H,5-6,13-14,16-17H2,(H,34,39)(H,35,41). The van der Waals surface area contributed by atoms with Gasteiger partial charge in [-0.1, -0.05) is 23.7 Å². The van der Waals surface area contributed by atoms with Crippen molar-refractivity contribution in [3.05, 3.63) is 100 Å². The first kappa shape index (κ1) is 28.0. The number of fused-ring (bicyclic) bond motifs is 1. The van der Waals surface area contributed by atoms with E-state index in [2.05, 4.69) is 15.6 Å². The molecular formula is C30H27ClFN5O4. The molecule has 2 heterocycles. The van der Waals surface area contributed by atoms with Gasteiger partial charge in [0.15, 0.2) is 6.29 Å². The minimum atomic E-state index is -0.593. The van der Waals surface area contributed by atoms with Gasteiger partial charge in [-0.15, -0.1) is 0 Å². The number of rotatable bonds is 11. The van der Waals surface area contributed by atoms with Crippen molar-refractivity contribution in [2.24, 2.45) is 0 Å². The molecule has 11 heteroatoms. The zero-order chi connectivity index (χ0) is 28.9. The van der Waals surface area contributed by atoms with Gasteiger partial charge in [-0.25, -0.2) is 4.39 Å². The molecule has 4 aromatic rings. The minimum Gasteiger partial charge on any atom is -0.350 e. The van der Waals surface area contributed by atoms with Gasteiger partial charge in [-0.3, -0.25) is 24.2 Å². The Labute approximate surface area is 240 Å². The quantitative estimate of drug-likeness (QED) is 0.264. The predicted molar refractivity (Wildman–Crippen MR) is 151 cm³/mol. The fourth-order valence-electron chi connectivity index (χ4n) is 4.61. The Morgan fingerprint density at radius 1 is 1.07 bits per heavy atom. The van der Waals surface area contributed by atoms with Gasteiger partial charge in [-0.2, -0.15) is 0 Å². The Morgan fingerprint density at radius 3 is 2.59 bits per heavy atom. The van der Waals surface area contributed by atoms with E-state index < -0.39 is 11.7 Å². The summed E-state index contributed by atoms with van der Waals surface area (Å²) in [5, 5.41) is 6.02. The van der Waals surface area contributed by atoms with Crippen LogP contribution >= 0.6 is 11.6 Å². The molecule has 1 aliphatic rings. The lowest BCUT2D eigenvalue weighted by Crippen LogP contribution is -2.43. The third kappa shape index (κ3) is 6.60. The molecule has 0 atom stereocenters. The molecule has 0 radical (unpaired) electrons. The van der Waals surface area contributed by atoms with Crippen molar-refractivity contribution in [1.29, 1.82) is 0 Å². The Balaban J connectivity index is 1.26. The number of hydrogen-bond acceptors (Lipinski definition) is 5. The monoisotopic (exact) mass is 575 g/mol. The van der Waals surface area contributed by atoms with Crippen LogP contribution in [-0.4, -0.2) is 51.0 Å². The molecule has 0 spiro atoms. The highest BCUT2D eigenvalue weighted by Gasteiger charge is 2.34. The van der Waals surface area contributed by atoms with Gasteiger partial charge in [0.25, 0.3) is 5.91 Å². The smallest absolute Gasteiger partial charge is 0.251 e. The van der Waals surface area contributed by atoms with Gasteiger partial charge >= 0.3 is 0 Å². The number of pyridine rings is 1. The van der Waals surface area contributed by atoms with Crippen LogP contribution in [0.2, 0.25) is 5.02 Å². The normalized spacial score (nSPS) is 12.6. The molecule has 0 aliphatic heterocycles. The largest absolute Gasteiger partial charge is 0.350 e. The van der Waals surface area contributed by atoms with E-state index in [4.69, 9.17) is 11.6 Å². The highest BCUT2D eigenvalue weighted by molar-refractivity contribution is 6.30. The van der Waals surface area contributed by atoms with E-state index in [1.807, 2.05) is 0 Å². The van der Waals surface area contributed by atoms with E-state index in [9.17, 15) is 23.6 Å². The van der Waals surface area contributed by atoms with Gasteiger partial charge < -0.3 is 20.1 Å². The summed E-state index contributed by atoms with van der Waals surface area (Å²) in [6.45, 7) is 0.00717. The SMILES string of the molecule is O=Cc1cn(CC(=O)N(CC(=O)NCc2cccc(Cl)c2F)C2CC2)c2ccc(C(=O)NCc3ccncc3)cc12. The number of amides is 3. The Morgan fingerprint density at radius 2 is 1.85 bits per heavy atom. The Hall–Kier alpha value is -4.57. The predicted octanol–water partition coefficient (Wildman–Crippen LogP) is 3.88. The number of aldehydes is 1. The molecule has 0 bridgehead atoms. The van der Waals surface area contributed by atoms with Crippen LogP contribution in [0, 0.1) is 5.82 Å². The molecule has 41 heavy (non-hydrogen) atoms. The minimum absolute atomic E-state index is 0.0297. The summed E-state index contributed by atoms with van der Waals surface area (Å²) in [5.74, 6) is -1.60. The van der Waals surface area contributed by atoms with Crippen LogP contribution in [0.25, 0.3) is 10.9 Å². The van der Waals surface area contributed by atoms with Crippen LogP contribution in [0.4, 0.5) is 4.39 Å². The lowest BCUT2D eigenvalue weighted by molar-refractivity contribution is -0.137. The van der Waals surface area contributed by atoms with Crippen LogP contribution in [-0.2, 0) is 29.2 Å². The summed E-state index contributed by atoms with van der Waals surface area (Å²) in [7, 11) is 0. The second-order valence-electron chi connectivity index (χ2n) is 9.84. The van der Waals surface area contributed by atoms with Gasteiger partial charge in [-0.05, 0) is 54.8 Å². The van der Waals surface area contributed by atoms with Crippen molar-refractivity contribution in [3.8, 4) is 0 Å². The Kier molecular flexibility index (Phi) is 8.39. The number of aromatic nitrogens is 2. The van der Waals surface area contributed by atoms with Gasteiger partial charge in [0.05, 0.1) is 11.6 Å². The van der Waals surface area contributed by atoms with Crippen molar-refractivity contribution in [2.75, 3.05) is 6.54 Å². The number of halogens is 2. The molecule has 0 unspecified atom stereocenters. The number of carbonyl (C=O) groups is 4. The van der Waals surface area contributed by atoms with E-state index in [1.165, 1.54) is 17.0 Å². The maximum Gasteiger partial charge on any atom is 0.251 e. The van der Waals surface area contributed by atoms with E-state index in [-0.39, 0.29) is 48.1 Å². The molecule has 5 rings (SSSR count). The number of benzene rings is 2. The van der Waals surface area contributed by atoms with Crippen LogP contribution in [0.5, 0.6) is 0 Å². The number of nitrogens with one attached hydrogen (secondary N) is 2. The summed E-state index contributed by atoms with van der Waals surface area (Å²) in [6.07, 6.45) is 7.11. The van der Waals surface area contributed by atoms with E-state index in [0.717, 1.165) is 18.4 Å². The second kappa shape index (κ2) is 12.3. The zero-order valence-corrected chi connectivity index (χ0v) is 22.7. The molecule has 9 nitrogen and oxygen atoms in total. The molecule has 1 aliphatic carbocycles. The molecule has 0 saturated heterocycles. The van der Waals surface area contributed by atoms with Gasteiger partial charge in [0.1, 0.15) is 12.4 Å². The summed E-state index contributed by atoms with van der Waals surface area (Å²) in [6, 6.07) is 13.1. The molecule has 1 saturated carbocycles. The molecule has 2 aromatic carbocycles. The van der Waals surface area contributed by atoms with Crippen molar-refractivity contribution < 1.29 is 23.6 Å². The van der Waals surface area contributed by atoms with Crippen LogP contribution in [0.1, 0.15) is 44.7 Å². The topological polar surface area (TPSA) is 113 Å². The third-order valence-electron chi connectivity index (χ3n) is 6.94. The van der Waals surface area contributed by atoms with Gasteiger partial charge in [0.2, 0.25) is 11.8 Å². The van der Waals surface area contributed by atoms with Crippen LogP contribution in [0.3, 0.4) is 0 Å². The van der Waals surface area contributed by atoms with E-state index >= 15 is 0 Å². The highest BCUT2D eigenvalue weighted by Crippen LogP contribution is 2.28. The summed E-state index contributed by atoms with van der Waals surface area (Å²) < 4.78 is 15.8. The fraction of sp³-hybridized carbons (Fsp3) is 0.233. The first-order valence-electron chi connectivity index (χ1n) is 13.1. The molecule has 1 fully saturated rings. The number of hydrogen-bond donors (Lipinski definition) is 2. The maximum absolute atomic E-state index is 14.2. The van der Waals surface area contributed by atoms with Crippen molar-refractivity contribution in [1.82, 2.24) is 25.1 Å². The van der Waals surface area contributed by atoms with Crippen molar-refractivity contribution >= 4 is 46.5 Å².